The molecule has 1 N–H and O–H groups in total. The highest BCUT2D eigenvalue weighted by atomic mass is 19.1. The van der Waals surface area contributed by atoms with E-state index in [1.807, 2.05) is 6.92 Å². The molecule has 3 aromatic rings. The van der Waals surface area contributed by atoms with Crippen LogP contribution < -0.4 is 15.0 Å². The first-order valence-corrected chi connectivity index (χ1v) is 12.0. The van der Waals surface area contributed by atoms with E-state index in [2.05, 4.69) is 5.32 Å². The fourth-order valence-electron chi connectivity index (χ4n) is 4.12. The van der Waals surface area contributed by atoms with E-state index >= 15 is 0 Å². The number of amides is 4. The quantitative estimate of drug-likeness (QED) is 0.385. The zero-order valence-electron chi connectivity index (χ0n) is 20.3. The van der Waals surface area contributed by atoms with Gasteiger partial charge in [-0.2, -0.15) is 0 Å². The molecule has 0 aliphatic carbocycles. The average molecular weight is 508 g/mol. The minimum atomic E-state index is -1.13. The molecular formula is C28H27F2N3O4. The van der Waals surface area contributed by atoms with Crippen LogP contribution in [0.1, 0.15) is 25.3 Å². The Morgan fingerprint density at radius 1 is 1.00 bits per heavy atom. The lowest BCUT2D eigenvalue weighted by Gasteiger charge is -2.21. The van der Waals surface area contributed by atoms with Crippen molar-refractivity contribution < 1.29 is 27.9 Å². The number of halogens is 2. The molecule has 0 saturated carbocycles. The Hall–Kier alpha value is -4.27. The normalized spacial score (nSPS) is 15.3. The zero-order chi connectivity index (χ0) is 26.4. The number of carbonyl (C=O) groups is 3. The molecule has 0 bridgehead atoms. The third-order valence-corrected chi connectivity index (χ3v) is 5.95. The van der Waals surface area contributed by atoms with Crippen LogP contribution in [0.25, 0.3) is 0 Å². The van der Waals surface area contributed by atoms with E-state index in [4.69, 9.17) is 4.74 Å². The molecule has 192 valence electrons. The molecular weight excluding hydrogens is 480 g/mol. The van der Waals surface area contributed by atoms with E-state index in [1.54, 1.807) is 42.5 Å². The van der Waals surface area contributed by atoms with Crippen LogP contribution in [-0.4, -0.2) is 41.9 Å². The van der Waals surface area contributed by atoms with E-state index in [-0.39, 0.29) is 25.1 Å². The Bertz CT molecular complexity index is 1280. The summed E-state index contributed by atoms with van der Waals surface area (Å²) in [6.07, 6.45) is 0.689. The first-order valence-electron chi connectivity index (χ1n) is 12.0. The number of carbonyl (C=O) groups excluding carboxylic acids is 3. The molecule has 37 heavy (non-hydrogen) atoms. The highest BCUT2D eigenvalue weighted by Gasteiger charge is 2.46. The summed E-state index contributed by atoms with van der Waals surface area (Å²) in [5, 5.41) is 2.73. The van der Waals surface area contributed by atoms with Crippen molar-refractivity contribution in [3.63, 3.8) is 0 Å². The van der Waals surface area contributed by atoms with Crippen molar-refractivity contribution in [3.05, 3.63) is 90.0 Å². The van der Waals surface area contributed by atoms with Gasteiger partial charge in [-0.15, -0.1) is 0 Å². The molecule has 4 amide bonds. The van der Waals surface area contributed by atoms with Crippen LogP contribution in [0.4, 0.5) is 25.0 Å². The summed E-state index contributed by atoms with van der Waals surface area (Å²) in [7, 11) is 0. The second-order valence-corrected chi connectivity index (χ2v) is 8.61. The monoisotopic (exact) mass is 507 g/mol. The van der Waals surface area contributed by atoms with Crippen LogP contribution in [0, 0.1) is 11.6 Å². The average Bonchev–Trinajstić information content (AvgIpc) is 3.11. The predicted octanol–water partition coefficient (Wildman–Crippen LogP) is 5.16. The summed E-state index contributed by atoms with van der Waals surface area (Å²) in [4.78, 5) is 41.6. The highest BCUT2D eigenvalue weighted by molar-refractivity contribution is 6.22. The van der Waals surface area contributed by atoms with Gasteiger partial charge in [0.05, 0.1) is 18.7 Å². The van der Waals surface area contributed by atoms with Crippen molar-refractivity contribution in [2.24, 2.45) is 0 Å². The van der Waals surface area contributed by atoms with Gasteiger partial charge in [0.1, 0.15) is 23.4 Å². The first-order chi connectivity index (χ1) is 17.9. The summed E-state index contributed by atoms with van der Waals surface area (Å²) in [6, 6.07) is 16.2. The lowest BCUT2D eigenvalue weighted by Crippen LogP contribution is -2.39. The topological polar surface area (TPSA) is 79.0 Å². The van der Waals surface area contributed by atoms with E-state index < -0.39 is 35.5 Å². The molecule has 0 spiro atoms. The largest absolute Gasteiger partial charge is 0.494 e. The van der Waals surface area contributed by atoms with Crippen molar-refractivity contribution in [2.75, 3.05) is 23.4 Å². The number of imide groups is 1. The van der Waals surface area contributed by atoms with Crippen molar-refractivity contribution in [1.82, 2.24) is 4.90 Å². The van der Waals surface area contributed by atoms with Crippen molar-refractivity contribution in [1.29, 1.82) is 0 Å². The summed E-state index contributed by atoms with van der Waals surface area (Å²) < 4.78 is 33.6. The Labute approximate surface area is 213 Å². The first kappa shape index (κ1) is 25.8. The van der Waals surface area contributed by atoms with Gasteiger partial charge in [-0.05, 0) is 66.9 Å². The molecule has 1 saturated heterocycles. The van der Waals surface area contributed by atoms with Crippen LogP contribution >= 0.6 is 0 Å². The molecule has 9 heteroatoms. The molecule has 1 aliphatic rings. The van der Waals surface area contributed by atoms with Gasteiger partial charge >= 0.3 is 6.03 Å². The smallest absolute Gasteiger partial charge is 0.332 e. The minimum absolute atomic E-state index is 0.00126. The van der Waals surface area contributed by atoms with Crippen LogP contribution in [0.2, 0.25) is 0 Å². The maximum atomic E-state index is 14.2. The Morgan fingerprint density at radius 2 is 1.76 bits per heavy atom. The van der Waals surface area contributed by atoms with E-state index in [0.29, 0.717) is 23.6 Å². The molecule has 7 nitrogen and oxygen atoms in total. The second-order valence-electron chi connectivity index (χ2n) is 8.61. The van der Waals surface area contributed by atoms with Crippen molar-refractivity contribution in [3.8, 4) is 5.75 Å². The van der Waals surface area contributed by atoms with Crippen molar-refractivity contribution >= 4 is 29.2 Å². The van der Waals surface area contributed by atoms with Gasteiger partial charge in [0.25, 0.3) is 5.91 Å². The summed E-state index contributed by atoms with van der Waals surface area (Å²) in [6.45, 7) is 2.57. The van der Waals surface area contributed by atoms with Crippen LogP contribution in [-0.2, 0) is 16.0 Å². The number of hydrogen-bond acceptors (Lipinski definition) is 4. The molecule has 3 aromatic carbocycles. The van der Waals surface area contributed by atoms with Gasteiger partial charge in [0, 0.05) is 12.2 Å². The zero-order valence-corrected chi connectivity index (χ0v) is 20.3. The molecule has 1 fully saturated rings. The van der Waals surface area contributed by atoms with Crippen LogP contribution in [0.3, 0.4) is 0 Å². The molecule has 1 atom stereocenters. The SMILES string of the molecule is CCCOc1ccc(NC(=O)C[C@@H]2C(=O)N(c3cccc(F)c3)C(=O)N2CCc2ccccc2F)cc1. The van der Waals surface area contributed by atoms with E-state index in [9.17, 15) is 23.2 Å². The fraction of sp³-hybridized carbons (Fsp3) is 0.250. The third kappa shape index (κ3) is 6.11. The highest BCUT2D eigenvalue weighted by Crippen LogP contribution is 2.28. The van der Waals surface area contributed by atoms with Crippen LogP contribution in [0.15, 0.2) is 72.8 Å². The molecule has 0 unspecified atom stereocenters. The molecule has 0 radical (unpaired) electrons. The Balaban J connectivity index is 1.52. The number of urea groups is 1. The minimum Gasteiger partial charge on any atom is -0.494 e. The maximum Gasteiger partial charge on any atom is 0.332 e. The second kappa shape index (κ2) is 11.6. The number of benzene rings is 3. The van der Waals surface area contributed by atoms with Gasteiger partial charge in [0.2, 0.25) is 5.91 Å². The Morgan fingerprint density at radius 3 is 2.46 bits per heavy atom. The van der Waals surface area contributed by atoms with Crippen molar-refractivity contribution in [2.45, 2.75) is 32.2 Å². The summed E-state index contributed by atoms with van der Waals surface area (Å²) in [5.74, 6) is -1.50. The number of anilines is 2. The third-order valence-electron chi connectivity index (χ3n) is 5.95. The van der Waals surface area contributed by atoms with Gasteiger partial charge in [0.15, 0.2) is 0 Å². The van der Waals surface area contributed by atoms with Gasteiger partial charge in [-0.3, -0.25) is 9.59 Å². The number of nitrogens with zero attached hydrogens (tertiary/aromatic N) is 2. The summed E-state index contributed by atoms with van der Waals surface area (Å²) in [5.41, 5.74) is 0.947. The lowest BCUT2D eigenvalue weighted by molar-refractivity contribution is -0.124. The molecule has 1 heterocycles. The van der Waals surface area contributed by atoms with E-state index in [1.165, 1.54) is 29.2 Å². The number of hydrogen-bond donors (Lipinski definition) is 1. The standard InChI is InChI=1S/C28H27F2N3O4/c1-2-16-37-23-12-10-21(11-13-23)31-26(34)18-25-27(35)33(22-8-5-7-20(29)17-22)28(36)32(25)15-14-19-6-3-4-9-24(19)30/h3-13,17,25H,2,14-16,18H2,1H3,(H,31,34)/t25-/m1/s1. The predicted molar refractivity (Wildman–Crippen MR) is 135 cm³/mol. The molecule has 0 aromatic heterocycles. The fourth-order valence-corrected chi connectivity index (χ4v) is 4.12. The number of ether oxygens (including phenoxy) is 1. The summed E-state index contributed by atoms with van der Waals surface area (Å²) >= 11 is 0. The van der Waals surface area contributed by atoms with E-state index in [0.717, 1.165) is 17.4 Å². The maximum absolute atomic E-state index is 14.2. The molecule has 1 aliphatic heterocycles. The lowest BCUT2D eigenvalue weighted by atomic mass is 10.1. The number of nitrogens with one attached hydrogen (secondary N) is 1. The van der Waals surface area contributed by atoms with Gasteiger partial charge in [-0.1, -0.05) is 31.2 Å². The Kier molecular flexibility index (Phi) is 8.12. The van der Waals surface area contributed by atoms with Crippen LogP contribution in [0.5, 0.6) is 5.75 Å². The number of rotatable bonds is 10. The molecule has 4 rings (SSSR count). The van der Waals surface area contributed by atoms with Gasteiger partial charge in [-0.25, -0.2) is 18.5 Å². The van der Waals surface area contributed by atoms with Gasteiger partial charge < -0.3 is 15.0 Å².